The SMILES string of the molecule is C=CCNC(=O)NS(=C)(=O)c1ccc(N)cc1OCCCCNc1nc(Cl)ncc1Br. The molecule has 0 saturated heterocycles. The zero-order chi connectivity index (χ0) is 22.9. The fourth-order valence-corrected chi connectivity index (χ4v) is 4.08. The molecule has 1 aromatic carbocycles. The minimum absolute atomic E-state index is 0.159. The van der Waals surface area contributed by atoms with Crippen molar-refractivity contribution in [3.05, 3.63) is 46.8 Å². The summed E-state index contributed by atoms with van der Waals surface area (Å²) in [6, 6.07) is 4.04. The lowest BCUT2D eigenvalue weighted by molar-refractivity contribution is 0.247. The number of nitrogen functional groups attached to an aromatic ring is 1. The molecule has 31 heavy (non-hydrogen) atoms. The van der Waals surface area contributed by atoms with Gasteiger partial charge in [-0.15, -0.1) is 6.58 Å². The Morgan fingerprint density at radius 2 is 2.16 bits per heavy atom. The molecule has 12 heteroatoms. The van der Waals surface area contributed by atoms with Crippen LogP contribution in [0.15, 0.2) is 46.4 Å². The van der Waals surface area contributed by atoms with Crippen molar-refractivity contribution >= 4 is 60.6 Å². The summed E-state index contributed by atoms with van der Waals surface area (Å²) in [6.45, 7) is 4.73. The van der Waals surface area contributed by atoms with Crippen molar-refractivity contribution in [2.75, 3.05) is 30.7 Å². The summed E-state index contributed by atoms with van der Waals surface area (Å²) >= 11 is 9.14. The molecule has 0 aliphatic carbocycles. The van der Waals surface area contributed by atoms with Gasteiger partial charge in [0.25, 0.3) is 0 Å². The summed E-state index contributed by atoms with van der Waals surface area (Å²) in [5.74, 6) is 4.57. The van der Waals surface area contributed by atoms with Crippen LogP contribution in [0.1, 0.15) is 12.8 Å². The van der Waals surface area contributed by atoms with E-state index in [4.69, 9.17) is 22.1 Å². The lowest BCUT2D eigenvalue weighted by Crippen LogP contribution is -2.39. The number of nitrogens with one attached hydrogen (secondary N) is 3. The Bertz CT molecular complexity index is 1040. The first-order valence-electron chi connectivity index (χ1n) is 9.21. The van der Waals surface area contributed by atoms with Crippen molar-refractivity contribution in [1.82, 2.24) is 20.0 Å². The van der Waals surface area contributed by atoms with Gasteiger partial charge in [-0.3, -0.25) is 4.72 Å². The van der Waals surface area contributed by atoms with Crippen LogP contribution >= 0.6 is 27.5 Å². The molecule has 2 amide bonds. The highest BCUT2D eigenvalue weighted by Gasteiger charge is 2.17. The molecule has 2 rings (SSSR count). The van der Waals surface area contributed by atoms with E-state index in [1.54, 1.807) is 18.3 Å². The number of ether oxygens (including phenoxy) is 1. The molecule has 1 atom stereocenters. The molecule has 5 N–H and O–H groups in total. The number of aromatic nitrogens is 2. The number of carbonyl (C=O) groups excluding carboxylic acids is 1. The van der Waals surface area contributed by atoms with Crippen molar-refractivity contribution < 1.29 is 13.7 Å². The molecule has 2 aromatic rings. The van der Waals surface area contributed by atoms with Gasteiger partial charge in [-0.2, -0.15) is 4.98 Å². The lowest BCUT2D eigenvalue weighted by atomic mass is 10.3. The first-order valence-corrected chi connectivity index (χ1v) is 12.1. The monoisotopic (exact) mass is 530 g/mol. The molecule has 0 saturated carbocycles. The Morgan fingerprint density at radius 1 is 1.39 bits per heavy atom. The maximum absolute atomic E-state index is 13.0. The highest BCUT2D eigenvalue weighted by molar-refractivity contribution is 9.10. The van der Waals surface area contributed by atoms with E-state index in [1.807, 2.05) is 0 Å². The van der Waals surface area contributed by atoms with Crippen LogP contribution in [0.5, 0.6) is 5.75 Å². The van der Waals surface area contributed by atoms with Crippen LogP contribution in [0.2, 0.25) is 5.28 Å². The number of hydrogen-bond acceptors (Lipinski definition) is 7. The van der Waals surface area contributed by atoms with E-state index in [0.717, 1.165) is 6.42 Å². The number of hydrogen-bond donors (Lipinski definition) is 4. The van der Waals surface area contributed by atoms with Crippen molar-refractivity contribution in [3.8, 4) is 5.75 Å². The molecular weight excluding hydrogens is 508 g/mol. The molecule has 1 unspecified atom stereocenters. The van der Waals surface area contributed by atoms with Crippen LogP contribution in [0.4, 0.5) is 16.3 Å². The van der Waals surface area contributed by atoms with Crippen molar-refractivity contribution in [2.24, 2.45) is 0 Å². The summed E-state index contributed by atoms with van der Waals surface area (Å²) < 4.78 is 21.9. The number of anilines is 2. The fraction of sp³-hybridized carbons (Fsp3) is 0.263. The van der Waals surface area contributed by atoms with E-state index < -0.39 is 15.7 Å². The van der Waals surface area contributed by atoms with E-state index in [9.17, 15) is 9.00 Å². The summed E-state index contributed by atoms with van der Waals surface area (Å²) in [6.07, 6.45) is 4.55. The largest absolute Gasteiger partial charge is 0.492 e. The zero-order valence-corrected chi connectivity index (χ0v) is 19.9. The fourth-order valence-electron chi connectivity index (χ4n) is 2.40. The molecule has 0 aliphatic rings. The number of benzene rings is 1. The smallest absolute Gasteiger partial charge is 0.326 e. The summed E-state index contributed by atoms with van der Waals surface area (Å²) in [5, 5.41) is 5.82. The number of rotatable bonds is 11. The van der Waals surface area contributed by atoms with Gasteiger partial charge in [0.2, 0.25) is 5.28 Å². The highest BCUT2D eigenvalue weighted by Crippen LogP contribution is 2.26. The maximum atomic E-state index is 13.0. The molecule has 0 radical (unpaired) electrons. The number of amides is 2. The number of carbonyl (C=O) groups is 1. The Balaban J connectivity index is 1.91. The van der Waals surface area contributed by atoms with Crippen molar-refractivity contribution in [2.45, 2.75) is 17.7 Å². The standard InChI is InChI=1S/C19H24BrClN6O3S/c1-3-8-24-19(28)27-31(2,29)16-7-6-13(22)11-15(16)30-10-5-4-9-23-17-14(20)12-25-18(21)26-17/h3,6-7,11-12H,1-2,4-5,8-10,22H2,(H,23,25,26)(H2,24,27,28,29). The normalized spacial score (nSPS) is 12.5. The molecular formula is C19H24BrClN6O3S. The molecule has 9 nitrogen and oxygen atoms in total. The Hall–Kier alpha value is -2.50. The number of nitrogens with zero attached hydrogens (tertiary/aromatic N) is 2. The Kier molecular flexibility index (Phi) is 9.41. The van der Waals surface area contributed by atoms with Crippen LogP contribution in [0.3, 0.4) is 0 Å². The van der Waals surface area contributed by atoms with E-state index in [-0.39, 0.29) is 16.7 Å². The molecule has 0 fully saturated rings. The second-order valence-corrected chi connectivity index (χ2v) is 9.49. The lowest BCUT2D eigenvalue weighted by Gasteiger charge is -2.17. The number of nitrogens with two attached hydrogens (primary N) is 1. The molecule has 0 aliphatic heterocycles. The third kappa shape index (κ3) is 7.93. The second kappa shape index (κ2) is 11.8. The summed E-state index contributed by atoms with van der Waals surface area (Å²) in [7, 11) is -3.15. The average Bonchev–Trinajstić information content (AvgIpc) is 2.71. The molecule has 168 valence electrons. The van der Waals surface area contributed by atoms with Crippen LogP contribution in [0, 0.1) is 0 Å². The maximum Gasteiger partial charge on any atom is 0.326 e. The Labute approximate surface area is 195 Å². The van der Waals surface area contributed by atoms with Gasteiger partial charge in [-0.1, -0.05) is 6.08 Å². The predicted octanol–water partition coefficient (Wildman–Crippen LogP) is 3.22. The van der Waals surface area contributed by atoms with Crippen LogP contribution in [0.25, 0.3) is 0 Å². The number of halogens is 2. The highest BCUT2D eigenvalue weighted by atomic mass is 79.9. The van der Waals surface area contributed by atoms with Gasteiger partial charge in [-0.05, 0) is 58.4 Å². The van der Waals surface area contributed by atoms with Gasteiger partial charge in [0.15, 0.2) is 0 Å². The first kappa shape index (κ1) is 24.8. The van der Waals surface area contributed by atoms with E-state index >= 15 is 0 Å². The quantitative estimate of drug-likeness (QED) is 0.115. The Morgan fingerprint density at radius 3 is 2.90 bits per heavy atom. The molecule has 1 heterocycles. The van der Waals surface area contributed by atoms with Gasteiger partial charge in [0.05, 0.1) is 25.7 Å². The van der Waals surface area contributed by atoms with E-state index in [0.29, 0.717) is 41.3 Å². The minimum atomic E-state index is -3.15. The van der Waals surface area contributed by atoms with E-state index in [1.165, 1.54) is 12.1 Å². The van der Waals surface area contributed by atoms with Crippen LogP contribution in [-0.4, -0.2) is 45.8 Å². The average molecular weight is 532 g/mol. The van der Waals surface area contributed by atoms with Crippen LogP contribution < -0.4 is 25.8 Å². The number of unbranched alkanes of at least 4 members (excludes halogenated alkanes) is 1. The van der Waals surface area contributed by atoms with Gasteiger partial charge in [0.1, 0.15) is 11.6 Å². The van der Waals surface area contributed by atoms with Crippen molar-refractivity contribution in [1.29, 1.82) is 0 Å². The van der Waals surface area contributed by atoms with Crippen molar-refractivity contribution in [3.63, 3.8) is 0 Å². The molecule has 0 spiro atoms. The van der Waals surface area contributed by atoms with E-state index in [2.05, 4.69) is 53.7 Å². The first-order chi connectivity index (χ1) is 14.7. The molecule has 0 bridgehead atoms. The third-order valence-corrected chi connectivity index (χ3v) is 6.15. The topological polar surface area (TPSA) is 131 Å². The second-order valence-electron chi connectivity index (χ2n) is 6.30. The minimum Gasteiger partial charge on any atom is -0.492 e. The predicted molar refractivity (Wildman–Crippen MR) is 129 cm³/mol. The van der Waals surface area contributed by atoms with Gasteiger partial charge >= 0.3 is 6.03 Å². The van der Waals surface area contributed by atoms with Gasteiger partial charge in [-0.25, -0.2) is 14.0 Å². The summed E-state index contributed by atoms with van der Waals surface area (Å²) in [4.78, 5) is 20.1. The van der Waals surface area contributed by atoms with Gasteiger partial charge in [0, 0.05) is 31.0 Å². The van der Waals surface area contributed by atoms with Gasteiger partial charge < -0.3 is 21.1 Å². The molecule has 1 aromatic heterocycles. The van der Waals surface area contributed by atoms with Crippen LogP contribution in [-0.2, 0) is 9.71 Å². The summed E-state index contributed by atoms with van der Waals surface area (Å²) in [5.41, 5.74) is 6.28. The zero-order valence-electron chi connectivity index (χ0n) is 16.7. The third-order valence-electron chi connectivity index (χ3n) is 3.82. The number of urea groups is 1.